The topological polar surface area (TPSA) is 110 Å². The number of hydrogen-bond donors (Lipinski definition) is 2. The van der Waals surface area contributed by atoms with E-state index in [1.807, 2.05) is 24.3 Å². The van der Waals surface area contributed by atoms with E-state index in [0.29, 0.717) is 13.1 Å². The Labute approximate surface area is 159 Å². The Morgan fingerprint density at radius 3 is 2.63 bits per heavy atom. The molecular formula is C18H17N5O3S. The summed E-state index contributed by atoms with van der Waals surface area (Å²) in [7, 11) is 0. The van der Waals surface area contributed by atoms with Crippen molar-refractivity contribution in [3.8, 4) is 0 Å². The number of benzene rings is 2. The van der Waals surface area contributed by atoms with Crippen LogP contribution >= 0.6 is 11.8 Å². The smallest absolute Gasteiger partial charge is 0.269 e. The molecule has 0 saturated heterocycles. The van der Waals surface area contributed by atoms with E-state index in [1.54, 1.807) is 12.1 Å². The van der Waals surface area contributed by atoms with Crippen LogP contribution in [0.15, 0.2) is 59.9 Å². The van der Waals surface area contributed by atoms with E-state index in [4.69, 9.17) is 0 Å². The van der Waals surface area contributed by atoms with Gasteiger partial charge in [0, 0.05) is 36.3 Å². The number of carbonyl (C=O) groups excluding carboxylic acids is 1. The Kier molecular flexibility index (Phi) is 6.16. The van der Waals surface area contributed by atoms with Gasteiger partial charge in [0.25, 0.3) is 5.69 Å². The zero-order chi connectivity index (χ0) is 19.1. The monoisotopic (exact) mass is 383 g/mol. The highest BCUT2D eigenvalue weighted by atomic mass is 32.2. The molecule has 1 amide bonds. The van der Waals surface area contributed by atoms with Crippen molar-refractivity contribution in [2.45, 2.75) is 5.03 Å². The lowest BCUT2D eigenvalue weighted by Crippen LogP contribution is -2.30. The highest BCUT2D eigenvalue weighted by Crippen LogP contribution is 2.23. The van der Waals surface area contributed by atoms with Gasteiger partial charge in [-0.2, -0.15) is 0 Å². The van der Waals surface area contributed by atoms with Crippen LogP contribution in [0.3, 0.4) is 0 Å². The molecule has 0 saturated carbocycles. The molecule has 0 bridgehead atoms. The number of nitrogens with zero attached hydrogens (tertiary/aromatic N) is 3. The number of non-ortho nitro benzene ring substituents is 1. The Morgan fingerprint density at radius 1 is 1.07 bits per heavy atom. The van der Waals surface area contributed by atoms with Gasteiger partial charge in [-0.25, -0.2) is 9.97 Å². The molecule has 9 heteroatoms. The van der Waals surface area contributed by atoms with Gasteiger partial charge < -0.3 is 10.6 Å². The summed E-state index contributed by atoms with van der Waals surface area (Å²) in [6, 6.07) is 13.8. The van der Waals surface area contributed by atoms with E-state index in [1.165, 1.54) is 30.2 Å². The van der Waals surface area contributed by atoms with Crippen LogP contribution in [-0.4, -0.2) is 39.6 Å². The normalized spacial score (nSPS) is 10.5. The molecule has 3 aromatic rings. The predicted molar refractivity (Wildman–Crippen MR) is 105 cm³/mol. The predicted octanol–water partition coefficient (Wildman–Crippen LogP) is 2.86. The number of nitrogens with one attached hydrogen (secondary N) is 2. The number of carbonyl (C=O) groups is 1. The molecule has 0 spiro atoms. The van der Waals surface area contributed by atoms with Crippen LogP contribution in [0, 0.1) is 10.1 Å². The van der Waals surface area contributed by atoms with E-state index in [2.05, 4.69) is 20.6 Å². The summed E-state index contributed by atoms with van der Waals surface area (Å²) < 4.78 is 0. The molecule has 2 aromatic carbocycles. The fourth-order valence-corrected chi connectivity index (χ4v) is 3.21. The Bertz CT molecular complexity index is 944. The van der Waals surface area contributed by atoms with E-state index in [9.17, 15) is 14.9 Å². The van der Waals surface area contributed by atoms with Gasteiger partial charge in [-0.15, -0.1) is 0 Å². The van der Waals surface area contributed by atoms with Crippen LogP contribution < -0.4 is 10.6 Å². The minimum absolute atomic E-state index is 0.0446. The van der Waals surface area contributed by atoms with E-state index < -0.39 is 4.92 Å². The molecule has 0 aliphatic heterocycles. The zero-order valence-electron chi connectivity index (χ0n) is 14.3. The highest BCUT2D eigenvalue weighted by Gasteiger charge is 2.07. The number of thioether (sulfide) groups is 1. The third kappa shape index (κ3) is 5.14. The van der Waals surface area contributed by atoms with Gasteiger partial charge in [0.1, 0.15) is 11.4 Å². The SMILES string of the molecule is O=C(CSc1ncnc2ccccc12)NCCNc1ccc([N+](=O)[O-])cc1. The maximum absolute atomic E-state index is 12.0. The minimum atomic E-state index is -0.442. The van der Waals surface area contributed by atoms with Gasteiger partial charge in [-0.05, 0) is 18.2 Å². The largest absolute Gasteiger partial charge is 0.383 e. The van der Waals surface area contributed by atoms with Crippen LogP contribution in [0.25, 0.3) is 10.9 Å². The van der Waals surface area contributed by atoms with Crippen molar-refractivity contribution >= 4 is 39.9 Å². The maximum Gasteiger partial charge on any atom is 0.269 e. The number of hydrogen-bond acceptors (Lipinski definition) is 7. The summed E-state index contributed by atoms with van der Waals surface area (Å²) in [5, 5.41) is 18.2. The summed E-state index contributed by atoms with van der Waals surface area (Å²) in [4.78, 5) is 30.6. The Hall–Kier alpha value is -3.20. The standard InChI is InChI=1S/C18H17N5O3S/c24-17(11-27-18-15-3-1-2-4-16(15)21-12-22-18)20-10-9-19-13-5-7-14(8-6-13)23(25)26/h1-8,12,19H,9-11H2,(H,20,24). The third-order valence-electron chi connectivity index (χ3n) is 3.70. The van der Waals surface area contributed by atoms with Gasteiger partial charge in [-0.3, -0.25) is 14.9 Å². The van der Waals surface area contributed by atoms with Crippen molar-refractivity contribution in [3.63, 3.8) is 0 Å². The van der Waals surface area contributed by atoms with E-state index >= 15 is 0 Å². The molecule has 2 N–H and O–H groups in total. The van der Waals surface area contributed by atoms with Crippen molar-refractivity contribution in [2.24, 2.45) is 0 Å². The summed E-state index contributed by atoms with van der Waals surface area (Å²) in [5.41, 5.74) is 1.66. The number of rotatable bonds is 8. The average molecular weight is 383 g/mol. The molecule has 0 aliphatic rings. The Balaban J connectivity index is 1.41. The fourth-order valence-electron chi connectivity index (χ4n) is 2.39. The van der Waals surface area contributed by atoms with Crippen molar-refractivity contribution in [3.05, 3.63) is 65.0 Å². The van der Waals surface area contributed by atoms with Gasteiger partial charge in [0.15, 0.2) is 0 Å². The molecule has 1 aromatic heterocycles. The van der Waals surface area contributed by atoms with Gasteiger partial charge in [-0.1, -0.05) is 30.0 Å². The molecule has 8 nitrogen and oxygen atoms in total. The molecule has 138 valence electrons. The average Bonchev–Trinajstić information content (AvgIpc) is 2.70. The fraction of sp³-hybridized carbons (Fsp3) is 0.167. The number of amides is 1. The van der Waals surface area contributed by atoms with E-state index in [-0.39, 0.29) is 17.3 Å². The van der Waals surface area contributed by atoms with Gasteiger partial charge >= 0.3 is 0 Å². The Morgan fingerprint density at radius 2 is 1.85 bits per heavy atom. The van der Waals surface area contributed by atoms with Crippen molar-refractivity contribution < 1.29 is 9.72 Å². The molecule has 27 heavy (non-hydrogen) atoms. The molecule has 0 radical (unpaired) electrons. The highest BCUT2D eigenvalue weighted by molar-refractivity contribution is 8.00. The second-order valence-corrected chi connectivity index (χ2v) is 6.53. The summed E-state index contributed by atoms with van der Waals surface area (Å²) in [6.45, 7) is 0.964. The maximum atomic E-state index is 12.0. The number of nitro groups is 1. The quantitative estimate of drug-likeness (QED) is 0.202. The molecular weight excluding hydrogens is 366 g/mol. The number of aromatic nitrogens is 2. The number of fused-ring (bicyclic) bond motifs is 1. The summed E-state index contributed by atoms with van der Waals surface area (Å²) >= 11 is 1.37. The molecule has 1 heterocycles. The second-order valence-electron chi connectivity index (χ2n) is 5.57. The van der Waals surface area contributed by atoms with Crippen LogP contribution in [0.4, 0.5) is 11.4 Å². The summed E-state index contributed by atoms with van der Waals surface area (Å²) in [5.74, 6) is 0.173. The first kappa shape index (κ1) is 18.6. The number of para-hydroxylation sites is 1. The lowest BCUT2D eigenvalue weighted by atomic mass is 10.2. The first-order valence-electron chi connectivity index (χ1n) is 8.21. The minimum Gasteiger partial charge on any atom is -0.383 e. The van der Waals surface area contributed by atoms with Gasteiger partial charge in [0.05, 0.1) is 16.2 Å². The molecule has 0 fully saturated rings. The van der Waals surface area contributed by atoms with Crippen molar-refractivity contribution in [2.75, 3.05) is 24.2 Å². The number of anilines is 1. The van der Waals surface area contributed by atoms with Crippen LogP contribution in [0.1, 0.15) is 0 Å². The molecule has 3 rings (SSSR count). The molecule has 0 atom stereocenters. The van der Waals surface area contributed by atoms with Gasteiger partial charge in [0.2, 0.25) is 5.91 Å². The second kappa shape index (κ2) is 8.95. The first-order chi connectivity index (χ1) is 13.1. The first-order valence-corrected chi connectivity index (χ1v) is 9.19. The van der Waals surface area contributed by atoms with Crippen LogP contribution in [0.5, 0.6) is 0 Å². The lowest BCUT2D eigenvalue weighted by Gasteiger charge is -2.08. The molecule has 0 aliphatic carbocycles. The van der Waals surface area contributed by atoms with Crippen molar-refractivity contribution in [1.29, 1.82) is 0 Å². The number of nitro benzene ring substituents is 1. The van der Waals surface area contributed by atoms with Crippen LogP contribution in [-0.2, 0) is 4.79 Å². The third-order valence-corrected chi connectivity index (χ3v) is 4.71. The molecule has 0 unspecified atom stereocenters. The lowest BCUT2D eigenvalue weighted by molar-refractivity contribution is -0.384. The van der Waals surface area contributed by atoms with Crippen LogP contribution in [0.2, 0.25) is 0 Å². The summed E-state index contributed by atoms with van der Waals surface area (Å²) in [6.07, 6.45) is 1.50. The van der Waals surface area contributed by atoms with Crippen molar-refractivity contribution in [1.82, 2.24) is 15.3 Å². The zero-order valence-corrected chi connectivity index (χ0v) is 15.1. The van der Waals surface area contributed by atoms with E-state index in [0.717, 1.165) is 21.6 Å².